The highest BCUT2D eigenvalue weighted by molar-refractivity contribution is 5.97. The second-order valence-corrected chi connectivity index (χ2v) is 9.04. The largest absolute Gasteiger partial charge is 0.394 e. The predicted molar refractivity (Wildman–Crippen MR) is 122 cm³/mol. The van der Waals surface area contributed by atoms with Crippen LogP contribution in [0.15, 0.2) is 42.5 Å². The summed E-state index contributed by atoms with van der Waals surface area (Å²) in [5.41, 5.74) is 0.759. The van der Waals surface area contributed by atoms with E-state index in [-0.39, 0.29) is 36.3 Å². The third kappa shape index (κ3) is 4.44. The number of rotatable bonds is 8. The van der Waals surface area contributed by atoms with Gasteiger partial charge in [-0.3, -0.25) is 14.4 Å². The Morgan fingerprint density at radius 1 is 1.12 bits per heavy atom. The average Bonchev–Trinajstić information content (AvgIpc) is 3.07. The number of nitrogens with zero attached hydrogens (tertiary/aromatic N) is 1. The summed E-state index contributed by atoms with van der Waals surface area (Å²) in [4.78, 5) is 41.7. The molecule has 0 aromatic heterocycles. The molecule has 3 amide bonds. The third-order valence-electron chi connectivity index (χ3n) is 6.61. The fourth-order valence-electron chi connectivity index (χ4n) is 5.31. The highest BCUT2D eigenvalue weighted by Crippen LogP contribution is 2.47. The number of allylic oxidation sites excluding steroid dienone is 1. The van der Waals surface area contributed by atoms with Gasteiger partial charge in [0.1, 0.15) is 6.04 Å². The van der Waals surface area contributed by atoms with Crippen molar-refractivity contribution in [2.45, 2.75) is 51.7 Å². The number of benzene rings is 1. The van der Waals surface area contributed by atoms with Crippen molar-refractivity contribution in [2.75, 3.05) is 13.7 Å². The summed E-state index contributed by atoms with van der Waals surface area (Å²) in [5.74, 6) is -2.38. The molecule has 1 aliphatic carbocycles. The fraction of sp³-hybridized carbons (Fsp3) is 0.560. The molecule has 1 heterocycles. The number of carbonyl (C=O) groups excluding carboxylic acids is 3. The van der Waals surface area contributed by atoms with Crippen molar-refractivity contribution >= 4 is 17.7 Å². The second kappa shape index (κ2) is 10.3. The Morgan fingerprint density at radius 3 is 2.38 bits per heavy atom. The van der Waals surface area contributed by atoms with Crippen LogP contribution in [0.5, 0.6) is 0 Å². The quantitative estimate of drug-likeness (QED) is 0.538. The van der Waals surface area contributed by atoms with Crippen LogP contribution in [0.2, 0.25) is 0 Å². The van der Waals surface area contributed by atoms with Gasteiger partial charge >= 0.3 is 0 Å². The summed E-state index contributed by atoms with van der Waals surface area (Å²) in [6.07, 6.45) is 5.63. The summed E-state index contributed by atoms with van der Waals surface area (Å²) in [6, 6.07) is 7.70. The van der Waals surface area contributed by atoms with Crippen LogP contribution in [0.3, 0.4) is 0 Å². The first-order valence-electron chi connectivity index (χ1n) is 11.5. The number of amides is 3. The van der Waals surface area contributed by atoms with Gasteiger partial charge in [0.05, 0.1) is 24.5 Å². The number of likely N-dealkylation sites (tertiary alicyclic amines) is 1. The molecule has 7 nitrogen and oxygen atoms in total. The van der Waals surface area contributed by atoms with Gasteiger partial charge in [-0.1, -0.05) is 55.8 Å². The number of aliphatic hydroxyl groups excluding tert-OH is 1. The molecule has 174 valence electrons. The van der Waals surface area contributed by atoms with E-state index in [0.717, 1.165) is 18.4 Å². The Hall–Kier alpha value is -2.67. The van der Waals surface area contributed by atoms with Gasteiger partial charge in [-0.15, -0.1) is 0 Å². The van der Waals surface area contributed by atoms with Crippen molar-refractivity contribution in [3.05, 3.63) is 48.0 Å². The molecule has 2 aliphatic rings. The molecule has 6 atom stereocenters. The number of hydrogen-bond donors (Lipinski definition) is 3. The molecule has 1 aromatic carbocycles. The average molecular weight is 442 g/mol. The van der Waals surface area contributed by atoms with Crippen molar-refractivity contribution < 1.29 is 19.5 Å². The van der Waals surface area contributed by atoms with Crippen molar-refractivity contribution in [3.63, 3.8) is 0 Å². The van der Waals surface area contributed by atoms with Gasteiger partial charge in [0.25, 0.3) is 0 Å². The predicted octanol–water partition coefficient (Wildman–Crippen LogP) is 2.04. The van der Waals surface area contributed by atoms with Crippen molar-refractivity contribution in [2.24, 2.45) is 23.7 Å². The molecule has 0 spiro atoms. The maximum atomic E-state index is 13.9. The van der Waals surface area contributed by atoms with E-state index in [1.54, 1.807) is 7.05 Å². The smallest absolute Gasteiger partial charge is 0.243 e. The highest BCUT2D eigenvalue weighted by atomic mass is 16.3. The van der Waals surface area contributed by atoms with Gasteiger partial charge in [0, 0.05) is 19.0 Å². The van der Waals surface area contributed by atoms with E-state index in [1.165, 1.54) is 4.90 Å². The SMILES string of the molecule is CCC[C@@H]1C=C[C@H]2[C@@H](C(=O)N([C@H](CO)c3ccccc3)[C@@H]2C(=O)NC(C)C)[C@@H]1C(=O)NC. The van der Waals surface area contributed by atoms with Gasteiger partial charge in [0.2, 0.25) is 17.7 Å². The van der Waals surface area contributed by atoms with Crippen LogP contribution in [0.1, 0.15) is 45.2 Å². The summed E-state index contributed by atoms with van der Waals surface area (Å²) in [5, 5.41) is 16.0. The van der Waals surface area contributed by atoms with Gasteiger partial charge in [-0.05, 0) is 31.7 Å². The molecule has 0 radical (unpaired) electrons. The molecule has 0 bridgehead atoms. The van der Waals surface area contributed by atoms with E-state index in [0.29, 0.717) is 0 Å². The fourth-order valence-corrected chi connectivity index (χ4v) is 5.31. The van der Waals surface area contributed by atoms with Crippen LogP contribution < -0.4 is 10.6 Å². The lowest BCUT2D eigenvalue weighted by Gasteiger charge is -2.34. The normalized spacial score (nSPS) is 27.9. The monoisotopic (exact) mass is 441 g/mol. The maximum Gasteiger partial charge on any atom is 0.243 e. The molecule has 1 fully saturated rings. The zero-order valence-electron chi connectivity index (χ0n) is 19.3. The van der Waals surface area contributed by atoms with E-state index in [2.05, 4.69) is 17.6 Å². The van der Waals surface area contributed by atoms with Crippen LogP contribution in [0.25, 0.3) is 0 Å². The van der Waals surface area contributed by atoms with Crippen LogP contribution in [0.4, 0.5) is 0 Å². The lowest BCUT2D eigenvalue weighted by Crippen LogP contribution is -2.50. The van der Waals surface area contributed by atoms with Gasteiger partial charge in [-0.25, -0.2) is 0 Å². The van der Waals surface area contributed by atoms with E-state index < -0.39 is 29.8 Å². The summed E-state index contributed by atoms with van der Waals surface area (Å²) < 4.78 is 0. The van der Waals surface area contributed by atoms with E-state index in [9.17, 15) is 19.5 Å². The molecule has 0 saturated carbocycles. The molecule has 1 saturated heterocycles. The minimum absolute atomic E-state index is 0.0665. The molecule has 1 aliphatic heterocycles. The second-order valence-electron chi connectivity index (χ2n) is 9.04. The number of carbonyl (C=O) groups is 3. The number of fused-ring (bicyclic) bond motifs is 1. The van der Waals surface area contributed by atoms with Gasteiger partial charge in [0.15, 0.2) is 0 Å². The lowest BCUT2D eigenvalue weighted by atomic mass is 9.68. The zero-order chi connectivity index (χ0) is 23.4. The minimum atomic E-state index is -0.793. The van der Waals surface area contributed by atoms with Crippen molar-refractivity contribution in [3.8, 4) is 0 Å². The molecular weight excluding hydrogens is 406 g/mol. The number of aliphatic hydroxyl groups is 1. The Balaban J connectivity index is 2.10. The molecule has 32 heavy (non-hydrogen) atoms. The standard InChI is InChI=1S/C25H35N3O4/c1-5-9-17-12-13-18-21(20(17)23(30)26-4)25(32)28(22(18)24(31)27-15(2)3)19(14-29)16-10-7-6-8-11-16/h6-8,10-13,15,17-22,29H,5,9,14H2,1-4H3,(H,26,30)(H,27,31)/t17-,18+,19-,20-,21-,22+/m1/s1. The topological polar surface area (TPSA) is 98.7 Å². The molecule has 0 unspecified atom stereocenters. The third-order valence-corrected chi connectivity index (χ3v) is 6.61. The highest BCUT2D eigenvalue weighted by Gasteiger charge is 2.58. The summed E-state index contributed by atoms with van der Waals surface area (Å²) in [6.45, 7) is 5.49. The number of hydrogen-bond acceptors (Lipinski definition) is 4. The number of nitrogens with one attached hydrogen (secondary N) is 2. The molecule has 7 heteroatoms. The Bertz CT molecular complexity index is 854. The Morgan fingerprint density at radius 2 is 1.81 bits per heavy atom. The maximum absolute atomic E-state index is 13.9. The molecule has 1 aromatic rings. The van der Waals surface area contributed by atoms with Crippen LogP contribution in [0, 0.1) is 23.7 Å². The Labute approximate surface area is 190 Å². The first-order valence-corrected chi connectivity index (χ1v) is 11.5. The minimum Gasteiger partial charge on any atom is -0.394 e. The van der Waals surface area contributed by atoms with E-state index in [1.807, 2.05) is 56.3 Å². The van der Waals surface area contributed by atoms with Gasteiger partial charge in [-0.2, -0.15) is 0 Å². The van der Waals surface area contributed by atoms with Crippen LogP contribution >= 0.6 is 0 Å². The summed E-state index contributed by atoms with van der Waals surface area (Å²) >= 11 is 0. The molecule has 3 N–H and O–H groups in total. The first kappa shape index (κ1) is 24.0. The van der Waals surface area contributed by atoms with Crippen molar-refractivity contribution in [1.29, 1.82) is 0 Å². The van der Waals surface area contributed by atoms with Crippen molar-refractivity contribution in [1.82, 2.24) is 15.5 Å². The summed E-state index contributed by atoms with van der Waals surface area (Å²) in [7, 11) is 1.58. The zero-order valence-corrected chi connectivity index (χ0v) is 19.3. The van der Waals surface area contributed by atoms with Gasteiger partial charge < -0.3 is 20.6 Å². The molecular formula is C25H35N3O4. The first-order chi connectivity index (χ1) is 15.3. The lowest BCUT2D eigenvalue weighted by molar-refractivity contribution is -0.143. The molecule has 3 rings (SSSR count). The van der Waals surface area contributed by atoms with E-state index >= 15 is 0 Å². The van der Waals surface area contributed by atoms with E-state index in [4.69, 9.17) is 0 Å². The van der Waals surface area contributed by atoms with Crippen LogP contribution in [-0.4, -0.2) is 53.5 Å². The Kier molecular flexibility index (Phi) is 7.72. The van der Waals surface area contributed by atoms with Crippen LogP contribution in [-0.2, 0) is 14.4 Å².